The zero-order chi connectivity index (χ0) is 16.5. The number of ether oxygens (including phenoxy) is 1. The Bertz CT molecular complexity index is 742. The first-order valence-corrected chi connectivity index (χ1v) is 8.35. The number of nitrogens with one attached hydrogen (secondary N) is 1. The molecule has 24 heavy (non-hydrogen) atoms. The van der Waals surface area contributed by atoms with Crippen LogP contribution < -0.4 is 10.1 Å². The minimum absolute atomic E-state index is 0.105. The second kappa shape index (κ2) is 6.24. The van der Waals surface area contributed by atoms with Gasteiger partial charge in [0.15, 0.2) is 0 Å². The van der Waals surface area contributed by atoms with Crippen molar-refractivity contribution in [2.45, 2.75) is 31.4 Å². The smallest absolute Gasteiger partial charge is 0.253 e. The van der Waals surface area contributed by atoms with Gasteiger partial charge in [0.1, 0.15) is 5.75 Å². The molecular weight excluding hydrogens is 304 g/mol. The number of aromatic nitrogens is 1. The number of hydrogen-bond acceptors (Lipinski definition) is 4. The zero-order valence-corrected chi connectivity index (χ0v) is 13.3. The zero-order valence-electron chi connectivity index (χ0n) is 13.3. The molecule has 2 heterocycles. The topological polar surface area (TPSA) is 71.5 Å². The van der Waals surface area contributed by atoms with E-state index < -0.39 is 0 Å². The van der Waals surface area contributed by atoms with Crippen LogP contribution in [0.3, 0.4) is 0 Å². The Morgan fingerprint density at radius 1 is 1.33 bits per heavy atom. The van der Waals surface area contributed by atoms with Crippen molar-refractivity contribution in [2.24, 2.45) is 5.92 Å². The number of amides is 1. The molecule has 0 saturated heterocycles. The van der Waals surface area contributed by atoms with Gasteiger partial charge in [-0.15, -0.1) is 0 Å². The molecule has 1 amide bonds. The van der Waals surface area contributed by atoms with Crippen molar-refractivity contribution in [3.63, 3.8) is 0 Å². The lowest BCUT2D eigenvalue weighted by Gasteiger charge is -2.38. The normalized spacial score (nSPS) is 22.9. The predicted octanol–water partition coefficient (Wildman–Crippen LogP) is 2.26. The number of hydrogen-bond donors (Lipinski definition) is 2. The van der Waals surface area contributed by atoms with E-state index in [0.29, 0.717) is 25.0 Å². The summed E-state index contributed by atoms with van der Waals surface area (Å²) in [5.41, 5.74) is 2.81. The van der Waals surface area contributed by atoms with Gasteiger partial charge in [-0.3, -0.25) is 9.78 Å². The van der Waals surface area contributed by atoms with Crippen LogP contribution in [0.2, 0.25) is 0 Å². The summed E-state index contributed by atoms with van der Waals surface area (Å²) in [7, 11) is 0. The number of pyridine rings is 1. The fraction of sp³-hybridized carbons (Fsp3) is 0.368. The molecule has 5 nitrogen and oxygen atoms in total. The number of rotatable bonds is 4. The minimum Gasteiger partial charge on any atom is -0.493 e. The van der Waals surface area contributed by atoms with Gasteiger partial charge >= 0.3 is 0 Å². The first-order chi connectivity index (χ1) is 11.7. The summed E-state index contributed by atoms with van der Waals surface area (Å²) in [6.45, 7) is 0.716. The van der Waals surface area contributed by atoms with Gasteiger partial charge in [0.2, 0.25) is 0 Å². The van der Waals surface area contributed by atoms with Crippen molar-refractivity contribution in [3.8, 4) is 5.75 Å². The monoisotopic (exact) mass is 324 g/mol. The molecule has 1 saturated carbocycles. The van der Waals surface area contributed by atoms with Crippen LogP contribution in [-0.2, 0) is 6.42 Å². The fourth-order valence-electron chi connectivity index (χ4n) is 3.50. The summed E-state index contributed by atoms with van der Waals surface area (Å²) in [6, 6.07) is 9.53. The number of fused-ring (bicyclic) bond motifs is 1. The number of benzene rings is 1. The summed E-state index contributed by atoms with van der Waals surface area (Å²) < 4.78 is 5.57. The molecule has 1 fully saturated rings. The second-order valence-electron chi connectivity index (χ2n) is 6.54. The van der Waals surface area contributed by atoms with Gasteiger partial charge in [-0.05, 0) is 54.2 Å². The molecule has 0 radical (unpaired) electrons. The van der Waals surface area contributed by atoms with Gasteiger partial charge in [0, 0.05) is 18.8 Å². The highest BCUT2D eigenvalue weighted by atomic mass is 16.5. The largest absolute Gasteiger partial charge is 0.493 e. The fourth-order valence-corrected chi connectivity index (χ4v) is 3.50. The summed E-state index contributed by atoms with van der Waals surface area (Å²) >= 11 is 0. The Kier molecular flexibility index (Phi) is 3.94. The first-order valence-electron chi connectivity index (χ1n) is 8.35. The summed E-state index contributed by atoms with van der Waals surface area (Å²) in [6.07, 6.45) is 5.29. The molecule has 2 aliphatic rings. The molecule has 0 spiro atoms. The number of aliphatic hydroxyl groups is 1. The molecule has 2 aromatic rings. The maximum Gasteiger partial charge on any atom is 0.253 e. The Hall–Kier alpha value is -2.40. The molecule has 1 aromatic carbocycles. The van der Waals surface area contributed by atoms with E-state index in [-0.39, 0.29) is 24.0 Å². The molecule has 0 bridgehead atoms. The van der Waals surface area contributed by atoms with Gasteiger partial charge in [-0.1, -0.05) is 6.07 Å². The molecule has 1 aromatic heterocycles. The van der Waals surface area contributed by atoms with Gasteiger partial charge in [0.05, 0.1) is 24.3 Å². The van der Waals surface area contributed by atoms with E-state index in [1.54, 1.807) is 24.5 Å². The third-order valence-corrected chi connectivity index (χ3v) is 4.90. The van der Waals surface area contributed by atoms with Crippen molar-refractivity contribution in [1.29, 1.82) is 0 Å². The van der Waals surface area contributed by atoms with E-state index in [1.807, 2.05) is 12.1 Å². The summed E-state index contributed by atoms with van der Waals surface area (Å²) in [4.78, 5) is 16.6. The van der Waals surface area contributed by atoms with Gasteiger partial charge in [-0.25, -0.2) is 0 Å². The number of nitrogens with zero attached hydrogens (tertiary/aromatic N) is 1. The molecule has 5 heteroatoms. The molecule has 1 aliphatic heterocycles. The quantitative estimate of drug-likeness (QED) is 0.905. The third-order valence-electron chi connectivity index (χ3n) is 4.90. The average Bonchev–Trinajstić information content (AvgIpc) is 3.05. The maximum absolute atomic E-state index is 12.5. The first kappa shape index (κ1) is 15.1. The van der Waals surface area contributed by atoms with E-state index in [9.17, 15) is 9.90 Å². The van der Waals surface area contributed by atoms with Crippen molar-refractivity contribution >= 4 is 5.91 Å². The number of carbonyl (C=O) groups excluding carboxylic acids is 1. The third kappa shape index (κ3) is 2.87. The summed E-state index contributed by atoms with van der Waals surface area (Å²) in [5, 5.41) is 12.8. The Labute approximate surface area is 140 Å². The van der Waals surface area contributed by atoms with E-state index in [1.165, 1.54) is 5.56 Å². The lowest BCUT2D eigenvalue weighted by atomic mass is 9.74. The molecule has 4 rings (SSSR count). The van der Waals surface area contributed by atoms with Crippen molar-refractivity contribution in [1.82, 2.24) is 10.3 Å². The number of aliphatic hydroxyl groups excluding tert-OH is 1. The Balaban J connectivity index is 1.59. The lowest BCUT2D eigenvalue weighted by molar-refractivity contribution is 0.0235. The maximum atomic E-state index is 12.5. The molecule has 0 unspecified atom stereocenters. The van der Waals surface area contributed by atoms with Crippen LogP contribution in [0, 0.1) is 5.92 Å². The van der Waals surface area contributed by atoms with Crippen molar-refractivity contribution in [3.05, 3.63) is 59.4 Å². The van der Waals surface area contributed by atoms with Crippen LogP contribution >= 0.6 is 0 Å². The van der Waals surface area contributed by atoms with E-state index in [2.05, 4.69) is 16.4 Å². The predicted molar refractivity (Wildman–Crippen MR) is 88.8 cm³/mol. The van der Waals surface area contributed by atoms with Gasteiger partial charge < -0.3 is 15.2 Å². The van der Waals surface area contributed by atoms with Crippen LogP contribution in [0.1, 0.15) is 40.4 Å². The highest BCUT2D eigenvalue weighted by Crippen LogP contribution is 2.39. The molecule has 124 valence electrons. The van der Waals surface area contributed by atoms with Gasteiger partial charge in [0.25, 0.3) is 5.91 Å². The molecule has 2 N–H and O–H groups in total. The Morgan fingerprint density at radius 3 is 2.96 bits per heavy atom. The molecule has 1 aliphatic carbocycles. The number of carbonyl (C=O) groups is 1. The highest BCUT2D eigenvalue weighted by Gasteiger charge is 2.36. The van der Waals surface area contributed by atoms with Crippen molar-refractivity contribution in [2.75, 3.05) is 6.61 Å². The van der Waals surface area contributed by atoms with E-state index >= 15 is 0 Å². The van der Waals surface area contributed by atoms with Crippen LogP contribution in [-0.4, -0.2) is 28.7 Å². The van der Waals surface area contributed by atoms with Crippen LogP contribution in [0.25, 0.3) is 0 Å². The van der Waals surface area contributed by atoms with Crippen LogP contribution in [0.5, 0.6) is 5.75 Å². The highest BCUT2D eigenvalue weighted by molar-refractivity contribution is 5.94. The standard InChI is InChI=1S/C19H20N2O3/c22-16-9-15(10-16)18(21-19(23)14-2-1-6-20-11-14)13-3-4-17-12(8-13)5-7-24-17/h1-4,6,8,11,15-16,18,22H,5,7,9-10H2,(H,21,23)/t15?,16?,18-/m1/s1. The van der Waals surface area contributed by atoms with E-state index in [4.69, 9.17) is 4.74 Å². The van der Waals surface area contributed by atoms with Crippen LogP contribution in [0.4, 0.5) is 0 Å². The second-order valence-corrected chi connectivity index (χ2v) is 6.54. The van der Waals surface area contributed by atoms with Crippen LogP contribution in [0.15, 0.2) is 42.7 Å². The minimum atomic E-state index is -0.259. The van der Waals surface area contributed by atoms with Gasteiger partial charge in [-0.2, -0.15) is 0 Å². The SMILES string of the molecule is O=C(N[C@H](c1ccc2c(c1)CCO2)C1CC(O)C1)c1cccnc1. The summed E-state index contributed by atoms with van der Waals surface area (Å²) in [5.74, 6) is 1.05. The molecule has 1 atom stereocenters. The molecular formula is C19H20N2O3. The lowest BCUT2D eigenvalue weighted by Crippen LogP contribution is -2.41. The Morgan fingerprint density at radius 2 is 2.21 bits per heavy atom. The van der Waals surface area contributed by atoms with E-state index in [0.717, 1.165) is 17.7 Å². The average molecular weight is 324 g/mol. The van der Waals surface area contributed by atoms with Crippen molar-refractivity contribution < 1.29 is 14.6 Å².